The van der Waals surface area contributed by atoms with E-state index < -0.39 is 6.04 Å². The Labute approximate surface area is 141 Å². The predicted octanol–water partition coefficient (Wildman–Crippen LogP) is 1.76. The van der Waals surface area contributed by atoms with Gasteiger partial charge in [-0.05, 0) is 17.2 Å². The van der Waals surface area contributed by atoms with Gasteiger partial charge in [-0.15, -0.1) is 0 Å². The Balaban J connectivity index is 1.76. The highest BCUT2D eigenvalue weighted by Gasteiger charge is 2.33. The van der Waals surface area contributed by atoms with Gasteiger partial charge in [-0.2, -0.15) is 0 Å². The quantitative estimate of drug-likeness (QED) is 0.912. The van der Waals surface area contributed by atoms with Crippen molar-refractivity contribution in [3.63, 3.8) is 0 Å². The van der Waals surface area contributed by atoms with Crippen LogP contribution in [-0.2, 0) is 22.6 Å². The SMILES string of the molecule is COc1ccccc1C[C@@H]1NC(=O)CN(Cc2ccccc2)C1=O. The zero-order valence-corrected chi connectivity index (χ0v) is 13.6. The maximum absolute atomic E-state index is 12.7. The molecule has 124 valence electrons. The lowest BCUT2D eigenvalue weighted by atomic mass is 10.0. The van der Waals surface area contributed by atoms with Gasteiger partial charge in [0.25, 0.3) is 0 Å². The van der Waals surface area contributed by atoms with Crippen molar-refractivity contribution in [1.82, 2.24) is 10.2 Å². The molecule has 5 heteroatoms. The van der Waals surface area contributed by atoms with E-state index in [1.54, 1.807) is 12.0 Å². The van der Waals surface area contributed by atoms with Crippen LogP contribution in [0, 0.1) is 0 Å². The van der Waals surface area contributed by atoms with Gasteiger partial charge in [0.15, 0.2) is 0 Å². The lowest BCUT2D eigenvalue weighted by Gasteiger charge is -2.33. The Bertz CT molecular complexity index is 730. The van der Waals surface area contributed by atoms with Crippen LogP contribution in [0.25, 0.3) is 0 Å². The second-order valence-electron chi connectivity index (χ2n) is 5.82. The second kappa shape index (κ2) is 7.17. The van der Waals surface area contributed by atoms with E-state index in [1.165, 1.54) is 0 Å². The third-order valence-corrected chi connectivity index (χ3v) is 4.11. The topological polar surface area (TPSA) is 58.6 Å². The third kappa shape index (κ3) is 3.56. The number of nitrogens with zero attached hydrogens (tertiary/aromatic N) is 1. The highest BCUT2D eigenvalue weighted by Crippen LogP contribution is 2.21. The number of methoxy groups -OCH3 is 1. The molecule has 2 aromatic carbocycles. The van der Waals surface area contributed by atoms with Crippen LogP contribution in [0.2, 0.25) is 0 Å². The highest BCUT2D eigenvalue weighted by atomic mass is 16.5. The Morgan fingerprint density at radius 3 is 2.54 bits per heavy atom. The smallest absolute Gasteiger partial charge is 0.246 e. The lowest BCUT2D eigenvalue weighted by molar-refractivity contribution is -0.144. The van der Waals surface area contributed by atoms with Crippen LogP contribution in [0.15, 0.2) is 54.6 Å². The Kier molecular flexibility index (Phi) is 4.79. The van der Waals surface area contributed by atoms with E-state index in [1.807, 2.05) is 54.6 Å². The van der Waals surface area contributed by atoms with Crippen molar-refractivity contribution in [1.29, 1.82) is 0 Å². The van der Waals surface area contributed by atoms with E-state index in [4.69, 9.17) is 4.74 Å². The molecule has 2 amide bonds. The van der Waals surface area contributed by atoms with E-state index in [-0.39, 0.29) is 18.4 Å². The number of piperazine rings is 1. The standard InChI is InChI=1S/C19H20N2O3/c1-24-17-10-6-5-9-15(17)11-16-19(23)21(13-18(22)20-16)12-14-7-3-2-4-8-14/h2-10,16H,11-13H2,1H3,(H,20,22)/t16-/m0/s1. The maximum Gasteiger partial charge on any atom is 0.246 e. The minimum atomic E-state index is -0.564. The number of rotatable bonds is 5. The number of hydrogen-bond donors (Lipinski definition) is 1. The molecule has 0 spiro atoms. The molecule has 5 nitrogen and oxygen atoms in total. The van der Waals surface area contributed by atoms with Gasteiger partial charge < -0.3 is 15.0 Å². The van der Waals surface area contributed by atoms with Gasteiger partial charge in [-0.25, -0.2) is 0 Å². The summed E-state index contributed by atoms with van der Waals surface area (Å²) in [6.07, 6.45) is 0.417. The van der Waals surface area contributed by atoms with Crippen LogP contribution in [-0.4, -0.2) is 36.4 Å². The molecule has 0 saturated carbocycles. The first kappa shape index (κ1) is 16.1. The molecule has 1 saturated heterocycles. The maximum atomic E-state index is 12.7. The molecule has 0 unspecified atom stereocenters. The molecule has 0 aromatic heterocycles. The number of amides is 2. The molecule has 0 radical (unpaired) electrons. The predicted molar refractivity (Wildman–Crippen MR) is 90.5 cm³/mol. The number of benzene rings is 2. The number of nitrogens with one attached hydrogen (secondary N) is 1. The molecule has 1 N–H and O–H groups in total. The van der Waals surface area contributed by atoms with Crippen molar-refractivity contribution < 1.29 is 14.3 Å². The summed E-state index contributed by atoms with van der Waals surface area (Å²) in [5.41, 5.74) is 1.91. The summed E-state index contributed by atoms with van der Waals surface area (Å²) >= 11 is 0. The summed E-state index contributed by atoms with van der Waals surface area (Å²) in [5, 5.41) is 2.80. The highest BCUT2D eigenvalue weighted by molar-refractivity contribution is 5.95. The Morgan fingerprint density at radius 1 is 1.08 bits per heavy atom. The molecule has 2 aromatic rings. The fraction of sp³-hybridized carbons (Fsp3) is 0.263. The number of hydrogen-bond acceptors (Lipinski definition) is 3. The van der Waals surface area contributed by atoms with E-state index in [0.29, 0.717) is 13.0 Å². The van der Waals surface area contributed by atoms with Crippen molar-refractivity contribution in [2.45, 2.75) is 19.0 Å². The first-order valence-electron chi connectivity index (χ1n) is 7.91. The summed E-state index contributed by atoms with van der Waals surface area (Å²) in [6, 6.07) is 16.7. The first-order valence-corrected chi connectivity index (χ1v) is 7.91. The van der Waals surface area contributed by atoms with Crippen molar-refractivity contribution in [2.75, 3.05) is 13.7 Å². The summed E-state index contributed by atoms with van der Waals surface area (Å²) in [5.74, 6) is 0.523. The van der Waals surface area contributed by atoms with E-state index >= 15 is 0 Å². The molecule has 0 aliphatic carbocycles. The number of carbonyl (C=O) groups excluding carboxylic acids is 2. The number of carbonyl (C=O) groups is 2. The average Bonchev–Trinajstić information content (AvgIpc) is 2.60. The second-order valence-corrected chi connectivity index (χ2v) is 5.82. The van der Waals surface area contributed by atoms with Gasteiger partial charge in [-0.3, -0.25) is 9.59 Å². The van der Waals surface area contributed by atoms with Crippen molar-refractivity contribution in [3.8, 4) is 5.75 Å². The monoisotopic (exact) mass is 324 g/mol. The summed E-state index contributed by atoms with van der Waals surface area (Å²) in [7, 11) is 1.60. The Morgan fingerprint density at radius 2 is 1.79 bits per heavy atom. The molecule has 1 fully saturated rings. The van der Waals surface area contributed by atoms with Crippen molar-refractivity contribution in [3.05, 3.63) is 65.7 Å². The van der Waals surface area contributed by atoms with Crippen LogP contribution in [0.4, 0.5) is 0 Å². The summed E-state index contributed by atoms with van der Waals surface area (Å²) in [4.78, 5) is 26.4. The fourth-order valence-corrected chi connectivity index (χ4v) is 2.94. The van der Waals surface area contributed by atoms with E-state index in [9.17, 15) is 9.59 Å². The summed E-state index contributed by atoms with van der Waals surface area (Å²) < 4.78 is 5.33. The van der Waals surface area contributed by atoms with Crippen LogP contribution in [0.5, 0.6) is 5.75 Å². The van der Waals surface area contributed by atoms with E-state index in [0.717, 1.165) is 16.9 Å². The molecule has 1 heterocycles. The summed E-state index contributed by atoms with van der Waals surface area (Å²) in [6.45, 7) is 0.533. The zero-order valence-electron chi connectivity index (χ0n) is 13.6. The van der Waals surface area contributed by atoms with Gasteiger partial charge in [0.2, 0.25) is 11.8 Å². The number of ether oxygens (including phenoxy) is 1. The minimum absolute atomic E-state index is 0.0654. The lowest BCUT2D eigenvalue weighted by Crippen LogP contribution is -2.58. The molecule has 1 aliphatic rings. The van der Waals surface area contributed by atoms with Crippen molar-refractivity contribution in [2.24, 2.45) is 0 Å². The molecule has 0 bridgehead atoms. The van der Waals surface area contributed by atoms with E-state index in [2.05, 4.69) is 5.32 Å². The molecule has 3 rings (SSSR count). The van der Waals surface area contributed by atoms with Gasteiger partial charge >= 0.3 is 0 Å². The molecule has 24 heavy (non-hydrogen) atoms. The first-order chi connectivity index (χ1) is 11.7. The van der Waals surface area contributed by atoms with Gasteiger partial charge in [-0.1, -0.05) is 48.5 Å². The largest absolute Gasteiger partial charge is 0.496 e. The van der Waals surface area contributed by atoms with Gasteiger partial charge in [0.05, 0.1) is 13.7 Å². The van der Waals surface area contributed by atoms with Crippen LogP contribution in [0.1, 0.15) is 11.1 Å². The van der Waals surface area contributed by atoms with Crippen molar-refractivity contribution >= 4 is 11.8 Å². The fourth-order valence-electron chi connectivity index (χ4n) is 2.94. The molecule has 1 aliphatic heterocycles. The number of para-hydroxylation sites is 1. The van der Waals surface area contributed by atoms with Crippen LogP contribution in [0.3, 0.4) is 0 Å². The van der Waals surface area contributed by atoms with Gasteiger partial charge in [0, 0.05) is 13.0 Å². The molecular formula is C19H20N2O3. The molecule has 1 atom stereocenters. The average molecular weight is 324 g/mol. The molecular weight excluding hydrogens is 304 g/mol. The van der Waals surface area contributed by atoms with Crippen LogP contribution < -0.4 is 10.1 Å². The Hall–Kier alpha value is -2.82. The zero-order chi connectivity index (χ0) is 16.9. The van der Waals surface area contributed by atoms with Gasteiger partial charge in [0.1, 0.15) is 11.8 Å². The third-order valence-electron chi connectivity index (χ3n) is 4.11. The minimum Gasteiger partial charge on any atom is -0.496 e. The normalized spacial score (nSPS) is 17.5. The van der Waals surface area contributed by atoms with Crippen LogP contribution >= 0.6 is 0 Å².